The maximum absolute atomic E-state index is 4.51. The number of rotatable bonds is 1. The summed E-state index contributed by atoms with van der Waals surface area (Å²) in [5.74, 6) is 2.87. The third kappa shape index (κ3) is 1.81. The van der Waals surface area contributed by atoms with Gasteiger partial charge in [-0.3, -0.25) is 0 Å². The molecule has 3 unspecified atom stereocenters. The van der Waals surface area contributed by atoms with Crippen molar-refractivity contribution in [3.8, 4) is 0 Å². The molecule has 0 aromatic rings. The number of fused-ring (bicyclic) bond motifs is 1. The molecule has 0 aliphatic heterocycles. The van der Waals surface area contributed by atoms with E-state index in [9.17, 15) is 0 Å². The zero-order valence-electron chi connectivity index (χ0n) is 8.71. The van der Waals surface area contributed by atoms with E-state index in [4.69, 9.17) is 0 Å². The van der Waals surface area contributed by atoms with Crippen LogP contribution in [0.25, 0.3) is 0 Å². The van der Waals surface area contributed by atoms with E-state index < -0.39 is 0 Å². The number of allylic oxidation sites excluding steroid dienone is 2. The maximum atomic E-state index is 4.51. The molecule has 0 heterocycles. The van der Waals surface area contributed by atoms with Gasteiger partial charge in [-0.1, -0.05) is 18.6 Å². The third-order valence-electron chi connectivity index (χ3n) is 3.91. The van der Waals surface area contributed by atoms with Crippen LogP contribution >= 0.6 is 12.6 Å². The molecule has 2 aliphatic rings. The quantitative estimate of drug-likeness (QED) is 0.480. The minimum Gasteiger partial charge on any atom is -0.179 e. The molecular formula is C12H20S. The van der Waals surface area contributed by atoms with E-state index >= 15 is 0 Å². The van der Waals surface area contributed by atoms with Crippen LogP contribution < -0.4 is 0 Å². The van der Waals surface area contributed by atoms with Crippen molar-refractivity contribution < 1.29 is 0 Å². The van der Waals surface area contributed by atoms with Crippen molar-refractivity contribution in [2.45, 2.75) is 39.5 Å². The highest BCUT2D eigenvalue weighted by Gasteiger charge is 2.52. The van der Waals surface area contributed by atoms with Crippen molar-refractivity contribution in [1.82, 2.24) is 0 Å². The highest BCUT2D eigenvalue weighted by Crippen LogP contribution is 2.60. The predicted octanol–water partition coefficient (Wildman–Crippen LogP) is 3.69. The first-order valence-electron chi connectivity index (χ1n) is 5.44. The molecule has 0 saturated heterocycles. The van der Waals surface area contributed by atoms with E-state index in [1.165, 1.54) is 25.7 Å². The lowest BCUT2D eigenvalue weighted by molar-refractivity contribution is 0.411. The minimum atomic E-state index is 0.646. The Labute approximate surface area is 87.2 Å². The van der Waals surface area contributed by atoms with E-state index in [1.807, 2.05) is 0 Å². The fourth-order valence-electron chi connectivity index (χ4n) is 2.84. The van der Waals surface area contributed by atoms with Gasteiger partial charge in [-0.15, -0.1) is 0 Å². The van der Waals surface area contributed by atoms with Gasteiger partial charge in [-0.25, -0.2) is 0 Å². The highest BCUT2D eigenvalue weighted by atomic mass is 32.1. The van der Waals surface area contributed by atoms with Crippen molar-refractivity contribution in [1.29, 1.82) is 0 Å². The lowest BCUT2D eigenvalue weighted by Crippen LogP contribution is -2.11. The second kappa shape index (κ2) is 3.34. The molecule has 74 valence electrons. The fraction of sp³-hybridized carbons (Fsp3) is 0.833. The lowest BCUT2D eigenvalue weighted by atomic mass is 9.88. The van der Waals surface area contributed by atoms with Crippen LogP contribution in [-0.4, -0.2) is 5.75 Å². The number of thiol groups is 1. The first-order valence-corrected chi connectivity index (χ1v) is 6.08. The minimum absolute atomic E-state index is 0.646. The van der Waals surface area contributed by atoms with Crippen molar-refractivity contribution in [3.05, 3.63) is 11.6 Å². The van der Waals surface area contributed by atoms with Gasteiger partial charge >= 0.3 is 0 Å². The Hall–Kier alpha value is 0.0900. The second-order valence-electron chi connectivity index (χ2n) is 5.15. The van der Waals surface area contributed by atoms with Gasteiger partial charge in [0.05, 0.1) is 0 Å². The molecule has 0 aromatic carbocycles. The van der Waals surface area contributed by atoms with Gasteiger partial charge in [-0.2, -0.15) is 12.6 Å². The largest absolute Gasteiger partial charge is 0.179 e. The van der Waals surface area contributed by atoms with Gasteiger partial charge in [-0.05, 0) is 55.6 Å². The van der Waals surface area contributed by atoms with Crippen LogP contribution in [0.2, 0.25) is 0 Å². The zero-order chi connectivity index (χ0) is 9.47. The fourth-order valence-corrected chi connectivity index (χ4v) is 3.39. The van der Waals surface area contributed by atoms with E-state index in [0.717, 1.165) is 17.6 Å². The Morgan fingerprint density at radius 1 is 1.62 bits per heavy atom. The maximum Gasteiger partial charge on any atom is -0.00383 e. The molecule has 0 amide bonds. The standard InChI is InChI=1S/C12H20S/c1-9-3-4-12(8-13)7-11(12)6-10(2)5-9/h5,9,11,13H,3-4,6-8H2,1-2H3/b10-5-. The average Bonchev–Trinajstić information content (AvgIpc) is 2.73. The monoisotopic (exact) mass is 196 g/mol. The Morgan fingerprint density at radius 2 is 2.38 bits per heavy atom. The molecule has 13 heavy (non-hydrogen) atoms. The SMILES string of the molecule is C/C1=C/C(C)CCC2(CS)CC2C1. The predicted molar refractivity (Wildman–Crippen MR) is 61.2 cm³/mol. The first kappa shape index (κ1) is 9.64. The van der Waals surface area contributed by atoms with Crippen LogP contribution in [0.5, 0.6) is 0 Å². The first-order chi connectivity index (χ1) is 6.16. The molecular weight excluding hydrogens is 176 g/mol. The Balaban J connectivity index is 2.09. The van der Waals surface area contributed by atoms with Gasteiger partial charge in [0.1, 0.15) is 0 Å². The normalized spacial score (nSPS) is 48.4. The topological polar surface area (TPSA) is 0 Å². The summed E-state index contributed by atoms with van der Waals surface area (Å²) in [5, 5.41) is 0. The summed E-state index contributed by atoms with van der Waals surface area (Å²) in [6, 6.07) is 0. The molecule has 1 fully saturated rings. The van der Waals surface area contributed by atoms with Crippen LogP contribution in [-0.2, 0) is 0 Å². The van der Waals surface area contributed by atoms with Gasteiger partial charge in [0.2, 0.25) is 0 Å². The molecule has 0 aromatic heterocycles. The summed E-state index contributed by atoms with van der Waals surface area (Å²) in [7, 11) is 0. The molecule has 2 rings (SSSR count). The number of hydrogen-bond donors (Lipinski definition) is 1. The Bertz CT molecular complexity index is 231. The molecule has 0 nitrogen and oxygen atoms in total. The van der Waals surface area contributed by atoms with Gasteiger partial charge in [0, 0.05) is 0 Å². The molecule has 0 bridgehead atoms. The summed E-state index contributed by atoms with van der Waals surface area (Å²) >= 11 is 4.51. The molecule has 1 saturated carbocycles. The molecule has 0 N–H and O–H groups in total. The number of hydrogen-bond acceptors (Lipinski definition) is 1. The molecule has 2 aliphatic carbocycles. The van der Waals surface area contributed by atoms with Crippen LogP contribution in [0.3, 0.4) is 0 Å². The van der Waals surface area contributed by atoms with Crippen LogP contribution in [0, 0.1) is 17.3 Å². The summed E-state index contributed by atoms with van der Waals surface area (Å²) < 4.78 is 0. The zero-order valence-corrected chi connectivity index (χ0v) is 9.61. The van der Waals surface area contributed by atoms with E-state index in [2.05, 4.69) is 32.6 Å². The van der Waals surface area contributed by atoms with Crippen molar-refractivity contribution in [2.75, 3.05) is 5.75 Å². The van der Waals surface area contributed by atoms with Crippen molar-refractivity contribution >= 4 is 12.6 Å². The molecule has 1 heteroatoms. The summed E-state index contributed by atoms with van der Waals surface area (Å²) in [4.78, 5) is 0. The van der Waals surface area contributed by atoms with Crippen LogP contribution in [0.1, 0.15) is 39.5 Å². The summed E-state index contributed by atoms with van der Waals surface area (Å²) in [5.41, 5.74) is 2.26. The highest BCUT2D eigenvalue weighted by molar-refractivity contribution is 7.80. The van der Waals surface area contributed by atoms with E-state index in [0.29, 0.717) is 5.41 Å². The Morgan fingerprint density at radius 3 is 3.08 bits per heavy atom. The van der Waals surface area contributed by atoms with Gasteiger partial charge in [0.15, 0.2) is 0 Å². The van der Waals surface area contributed by atoms with Gasteiger partial charge in [0.25, 0.3) is 0 Å². The van der Waals surface area contributed by atoms with E-state index in [-0.39, 0.29) is 0 Å². The summed E-state index contributed by atoms with van der Waals surface area (Å²) in [6.07, 6.45) is 8.03. The molecule has 3 atom stereocenters. The molecule has 0 radical (unpaired) electrons. The van der Waals surface area contributed by atoms with Crippen molar-refractivity contribution in [2.24, 2.45) is 17.3 Å². The van der Waals surface area contributed by atoms with Gasteiger partial charge < -0.3 is 0 Å². The summed E-state index contributed by atoms with van der Waals surface area (Å²) in [6.45, 7) is 4.64. The average molecular weight is 196 g/mol. The smallest absolute Gasteiger partial charge is 0.00383 e. The molecule has 0 spiro atoms. The van der Waals surface area contributed by atoms with Crippen molar-refractivity contribution in [3.63, 3.8) is 0 Å². The van der Waals surface area contributed by atoms with Crippen LogP contribution in [0.15, 0.2) is 11.6 Å². The van der Waals surface area contributed by atoms with E-state index in [1.54, 1.807) is 5.57 Å². The lowest BCUT2D eigenvalue weighted by Gasteiger charge is -2.20. The Kier molecular flexibility index (Phi) is 2.48. The van der Waals surface area contributed by atoms with Crippen LogP contribution in [0.4, 0.5) is 0 Å². The third-order valence-corrected chi connectivity index (χ3v) is 4.54. The second-order valence-corrected chi connectivity index (χ2v) is 5.47.